The van der Waals surface area contributed by atoms with E-state index in [1.807, 2.05) is 29.7 Å². The summed E-state index contributed by atoms with van der Waals surface area (Å²) in [7, 11) is 4.08. The number of nitrogens with zero attached hydrogens (tertiary/aromatic N) is 4. The summed E-state index contributed by atoms with van der Waals surface area (Å²) in [6, 6.07) is 1.91. The van der Waals surface area contributed by atoms with Crippen LogP contribution in [0.2, 0.25) is 0 Å². The minimum absolute atomic E-state index is 0.0273. The fourth-order valence-corrected chi connectivity index (χ4v) is 4.36. The molecule has 2 heterocycles. The zero-order valence-corrected chi connectivity index (χ0v) is 15.8. The maximum absolute atomic E-state index is 12.7. The van der Waals surface area contributed by atoms with Crippen molar-refractivity contribution in [2.75, 3.05) is 39.0 Å². The summed E-state index contributed by atoms with van der Waals surface area (Å²) in [5, 5.41) is 7.40. The van der Waals surface area contributed by atoms with Crippen molar-refractivity contribution >= 4 is 11.8 Å². The van der Waals surface area contributed by atoms with Crippen molar-refractivity contribution in [3.8, 4) is 0 Å². The van der Waals surface area contributed by atoms with Crippen molar-refractivity contribution in [3.05, 3.63) is 12.3 Å². The topological polar surface area (TPSA) is 53.4 Å². The lowest BCUT2D eigenvalue weighted by Gasteiger charge is -2.36. The van der Waals surface area contributed by atoms with E-state index in [1.165, 1.54) is 44.9 Å². The second kappa shape index (κ2) is 8.21. The molecule has 1 aromatic heterocycles. The second-order valence-corrected chi connectivity index (χ2v) is 8.07. The van der Waals surface area contributed by atoms with E-state index in [0.717, 1.165) is 38.4 Å². The predicted octanol–water partition coefficient (Wildman–Crippen LogP) is 3.41. The molecule has 2 amide bonds. The molecule has 0 bridgehead atoms. The molecule has 6 heteroatoms. The van der Waals surface area contributed by atoms with Crippen LogP contribution < -0.4 is 5.32 Å². The van der Waals surface area contributed by atoms with E-state index in [1.54, 1.807) is 6.20 Å². The van der Waals surface area contributed by atoms with Crippen LogP contribution in [0.1, 0.15) is 51.4 Å². The Kier molecular flexibility index (Phi) is 5.99. The van der Waals surface area contributed by atoms with Gasteiger partial charge in [-0.1, -0.05) is 19.3 Å². The van der Waals surface area contributed by atoms with Crippen LogP contribution in [-0.4, -0.2) is 59.3 Å². The lowest BCUT2D eigenvalue weighted by atomic mass is 9.69. The molecule has 1 aliphatic carbocycles. The monoisotopic (exact) mass is 347 g/mol. The molecule has 0 unspecified atom stereocenters. The fraction of sp³-hybridized carbons (Fsp3) is 0.789. The van der Waals surface area contributed by atoms with Gasteiger partial charge in [-0.15, -0.1) is 0 Å². The number of nitrogens with one attached hydrogen (secondary N) is 1. The molecule has 1 saturated carbocycles. The van der Waals surface area contributed by atoms with Gasteiger partial charge in [-0.05, 0) is 51.6 Å². The number of aromatic nitrogens is 2. The number of likely N-dealkylation sites (tertiary alicyclic amines) is 1. The summed E-state index contributed by atoms with van der Waals surface area (Å²) >= 11 is 0. The molecular formula is C19H33N5O. The van der Waals surface area contributed by atoms with Gasteiger partial charge in [0.15, 0.2) is 0 Å². The highest BCUT2D eigenvalue weighted by atomic mass is 16.2. The fourth-order valence-electron chi connectivity index (χ4n) is 4.36. The van der Waals surface area contributed by atoms with Crippen molar-refractivity contribution < 1.29 is 4.79 Å². The van der Waals surface area contributed by atoms with Gasteiger partial charge in [0.25, 0.3) is 0 Å². The maximum atomic E-state index is 12.7. The van der Waals surface area contributed by atoms with Crippen LogP contribution in [0, 0.1) is 5.41 Å². The first-order valence-electron chi connectivity index (χ1n) is 9.81. The van der Waals surface area contributed by atoms with Gasteiger partial charge in [0.1, 0.15) is 5.82 Å². The summed E-state index contributed by atoms with van der Waals surface area (Å²) in [4.78, 5) is 16.9. The van der Waals surface area contributed by atoms with Gasteiger partial charge in [-0.2, -0.15) is 5.10 Å². The van der Waals surface area contributed by atoms with Crippen molar-refractivity contribution in [3.63, 3.8) is 0 Å². The van der Waals surface area contributed by atoms with Crippen LogP contribution in [0.4, 0.5) is 10.6 Å². The van der Waals surface area contributed by atoms with Crippen molar-refractivity contribution in [1.82, 2.24) is 19.6 Å². The molecule has 25 heavy (non-hydrogen) atoms. The number of carbonyl (C=O) groups is 1. The van der Waals surface area contributed by atoms with E-state index >= 15 is 0 Å². The van der Waals surface area contributed by atoms with E-state index in [4.69, 9.17) is 0 Å². The Morgan fingerprint density at radius 2 is 1.92 bits per heavy atom. The van der Waals surface area contributed by atoms with Crippen molar-refractivity contribution in [2.45, 2.75) is 57.9 Å². The van der Waals surface area contributed by atoms with Crippen LogP contribution in [0.3, 0.4) is 0 Å². The van der Waals surface area contributed by atoms with E-state index in [0.29, 0.717) is 5.41 Å². The summed E-state index contributed by atoms with van der Waals surface area (Å²) in [6.07, 6.45) is 12.2. The van der Waals surface area contributed by atoms with Gasteiger partial charge < -0.3 is 9.80 Å². The molecule has 1 aliphatic heterocycles. The van der Waals surface area contributed by atoms with Gasteiger partial charge in [0, 0.05) is 25.7 Å². The number of likely N-dealkylation sites (N-methyl/N-ethyl adjacent to an activating group) is 1. The first-order valence-corrected chi connectivity index (χ1v) is 9.81. The summed E-state index contributed by atoms with van der Waals surface area (Å²) in [5.41, 5.74) is 0.515. The number of carbonyl (C=O) groups excluding carboxylic acids is 1. The van der Waals surface area contributed by atoms with Crippen molar-refractivity contribution in [2.24, 2.45) is 5.41 Å². The Morgan fingerprint density at radius 3 is 2.68 bits per heavy atom. The Hall–Kier alpha value is -1.56. The third-order valence-corrected chi connectivity index (χ3v) is 5.96. The zero-order chi connectivity index (χ0) is 17.7. The van der Waals surface area contributed by atoms with Gasteiger partial charge in [0.2, 0.25) is 0 Å². The van der Waals surface area contributed by atoms with Crippen LogP contribution in [-0.2, 0) is 6.54 Å². The van der Waals surface area contributed by atoms with Gasteiger partial charge in [0.05, 0.1) is 12.7 Å². The highest BCUT2D eigenvalue weighted by Gasteiger charge is 2.34. The number of anilines is 1. The molecule has 140 valence electrons. The maximum Gasteiger partial charge on any atom is 0.322 e. The minimum atomic E-state index is 0.0273. The van der Waals surface area contributed by atoms with E-state index in [2.05, 4.69) is 15.3 Å². The molecule has 3 rings (SSSR count). The van der Waals surface area contributed by atoms with Crippen LogP contribution >= 0.6 is 0 Å². The summed E-state index contributed by atoms with van der Waals surface area (Å²) < 4.78 is 1.87. The lowest BCUT2D eigenvalue weighted by molar-refractivity contribution is 0.159. The SMILES string of the molecule is CN(C)CCn1nccc1NC(=O)N1CCCC2(CCCCC2)CC1. The van der Waals surface area contributed by atoms with Crippen molar-refractivity contribution in [1.29, 1.82) is 0 Å². The molecule has 1 aromatic rings. The summed E-state index contributed by atoms with van der Waals surface area (Å²) in [6.45, 7) is 3.44. The second-order valence-electron chi connectivity index (χ2n) is 8.07. The first kappa shape index (κ1) is 18.2. The number of rotatable bonds is 4. The molecule has 0 aromatic carbocycles. The number of amides is 2. The first-order chi connectivity index (χ1) is 12.1. The van der Waals surface area contributed by atoms with E-state index in [9.17, 15) is 4.79 Å². The molecular weight excluding hydrogens is 314 g/mol. The molecule has 0 radical (unpaired) electrons. The highest BCUT2D eigenvalue weighted by molar-refractivity contribution is 5.88. The standard InChI is InChI=1S/C19H33N5O/c1-22(2)15-16-24-17(7-12-20-24)21-18(25)23-13-6-10-19(11-14-23)8-4-3-5-9-19/h7,12H,3-6,8-11,13-16H2,1-2H3,(H,21,25). The third-order valence-electron chi connectivity index (χ3n) is 5.96. The quantitative estimate of drug-likeness (QED) is 0.908. The van der Waals surface area contributed by atoms with Gasteiger partial charge in [-0.3, -0.25) is 5.32 Å². The molecule has 1 saturated heterocycles. The normalized spacial score (nSPS) is 20.7. The number of hydrogen-bond donors (Lipinski definition) is 1. The number of hydrogen-bond acceptors (Lipinski definition) is 3. The smallest absolute Gasteiger partial charge is 0.322 e. The Labute approximate surface area is 151 Å². The molecule has 2 fully saturated rings. The Bertz CT molecular complexity index is 562. The predicted molar refractivity (Wildman–Crippen MR) is 101 cm³/mol. The number of urea groups is 1. The molecule has 6 nitrogen and oxygen atoms in total. The van der Waals surface area contributed by atoms with E-state index in [-0.39, 0.29) is 6.03 Å². The van der Waals surface area contributed by atoms with Crippen LogP contribution in [0.25, 0.3) is 0 Å². The molecule has 0 atom stereocenters. The molecule has 2 aliphatic rings. The minimum Gasteiger partial charge on any atom is -0.324 e. The highest BCUT2D eigenvalue weighted by Crippen LogP contribution is 2.44. The van der Waals surface area contributed by atoms with Gasteiger partial charge in [-0.25, -0.2) is 9.48 Å². The van der Waals surface area contributed by atoms with Crippen LogP contribution in [0.5, 0.6) is 0 Å². The average Bonchev–Trinajstić information content (AvgIpc) is 2.93. The Balaban J connectivity index is 1.56. The largest absolute Gasteiger partial charge is 0.324 e. The van der Waals surface area contributed by atoms with Crippen LogP contribution in [0.15, 0.2) is 12.3 Å². The van der Waals surface area contributed by atoms with E-state index < -0.39 is 0 Å². The summed E-state index contributed by atoms with van der Waals surface area (Å²) in [5.74, 6) is 0.795. The average molecular weight is 348 g/mol. The Morgan fingerprint density at radius 1 is 1.16 bits per heavy atom. The lowest BCUT2D eigenvalue weighted by Crippen LogP contribution is -2.37. The molecule has 1 spiro atoms. The third kappa shape index (κ3) is 4.75. The molecule has 1 N–H and O–H groups in total. The zero-order valence-electron chi connectivity index (χ0n) is 15.8. The van der Waals surface area contributed by atoms with Gasteiger partial charge >= 0.3 is 6.03 Å².